The molecule has 24 heavy (non-hydrogen) atoms. The van der Waals surface area contributed by atoms with Crippen molar-refractivity contribution >= 4 is 28.9 Å². The third-order valence-corrected chi connectivity index (χ3v) is 5.16. The summed E-state index contributed by atoms with van der Waals surface area (Å²) in [4.78, 5) is 28.8. The highest BCUT2D eigenvalue weighted by Crippen LogP contribution is 2.29. The fourth-order valence-electron chi connectivity index (χ4n) is 1.91. The minimum absolute atomic E-state index is 0.121. The number of hydrogen-bond donors (Lipinski definition) is 2. The molecule has 8 heteroatoms. The lowest BCUT2D eigenvalue weighted by atomic mass is 9.98. The number of carboxylic acid groups (broad SMARTS) is 1. The van der Waals surface area contributed by atoms with Gasteiger partial charge >= 0.3 is 5.97 Å². The molecule has 2 aromatic rings. The molecule has 2 N–H and O–H groups in total. The quantitative estimate of drug-likeness (QED) is 0.883. The van der Waals surface area contributed by atoms with Gasteiger partial charge in [0.05, 0.1) is 22.6 Å². The molecule has 0 aliphatic rings. The van der Waals surface area contributed by atoms with E-state index in [1.54, 1.807) is 6.92 Å². The third kappa shape index (κ3) is 3.48. The van der Waals surface area contributed by atoms with Crippen molar-refractivity contribution in [3.05, 3.63) is 28.0 Å². The smallest absolute Gasteiger partial charge is 0.331 e. The van der Waals surface area contributed by atoms with Crippen LogP contribution in [0.2, 0.25) is 0 Å². The first-order chi connectivity index (χ1) is 10.9. The van der Waals surface area contributed by atoms with Crippen LogP contribution in [0.25, 0.3) is 0 Å². The van der Waals surface area contributed by atoms with Crippen molar-refractivity contribution in [2.24, 2.45) is 0 Å². The standard InChI is InChI=1S/C16H22N4O3S/c1-9-11(24-13(18-9)15(2,3)4)12(21)19-10-7-17-20(8-10)16(5,6)14(22)23/h7-8H,1-6H3,(H,19,21)(H,22,23). The molecule has 0 atom stereocenters. The molecule has 2 aromatic heterocycles. The van der Waals surface area contributed by atoms with Gasteiger partial charge in [0.15, 0.2) is 5.54 Å². The second-order valence-corrected chi connectivity index (χ2v) is 8.17. The molecule has 130 valence electrons. The first-order valence-electron chi connectivity index (χ1n) is 7.50. The zero-order chi connectivity index (χ0) is 18.3. The molecular weight excluding hydrogens is 328 g/mol. The molecule has 2 heterocycles. The van der Waals surface area contributed by atoms with E-state index >= 15 is 0 Å². The van der Waals surface area contributed by atoms with Crippen LogP contribution in [-0.4, -0.2) is 31.7 Å². The number of aromatic nitrogens is 3. The van der Waals surface area contributed by atoms with E-state index in [1.165, 1.54) is 42.3 Å². The van der Waals surface area contributed by atoms with Crippen LogP contribution in [0.4, 0.5) is 5.69 Å². The fraction of sp³-hybridized carbons (Fsp3) is 0.500. The molecule has 2 rings (SSSR count). The van der Waals surface area contributed by atoms with Gasteiger partial charge in [0.1, 0.15) is 4.88 Å². The third-order valence-electron chi connectivity index (χ3n) is 3.58. The van der Waals surface area contributed by atoms with Crippen molar-refractivity contribution in [3.8, 4) is 0 Å². The maximum absolute atomic E-state index is 12.5. The molecule has 0 saturated heterocycles. The van der Waals surface area contributed by atoms with Crippen LogP contribution in [0.5, 0.6) is 0 Å². The molecule has 7 nitrogen and oxygen atoms in total. The largest absolute Gasteiger partial charge is 0.479 e. The SMILES string of the molecule is Cc1nc(C(C)(C)C)sc1C(=O)Nc1cnn(C(C)(C)C(=O)O)c1. The molecule has 0 aromatic carbocycles. The second-order valence-electron chi connectivity index (χ2n) is 7.18. The minimum atomic E-state index is -1.19. The van der Waals surface area contributed by atoms with Gasteiger partial charge in [0, 0.05) is 11.6 Å². The van der Waals surface area contributed by atoms with Gasteiger partial charge in [-0.25, -0.2) is 9.78 Å². The average molecular weight is 350 g/mol. The highest BCUT2D eigenvalue weighted by atomic mass is 32.1. The van der Waals surface area contributed by atoms with Gasteiger partial charge in [-0.15, -0.1) is 11.3 Å². The number of carboxylic acids is 1. The minimum Gasteiger partial charge on any atom is -0.479 e. The van der Waals surface area contributed by atoms with Gasteiger partial charge in [0.25, 0.3) is 5.91 Å². The van der Waals surface area contributed by atoms with Crippen molar-refractivity contribution < 1.29 is 14.7 Å². The van der Waals surface area contributed by atoms with Crippen molar-refractivity contribution in [1.82, 2.24) is 14.8 Å². The van der Waals surface area contributed by atoms with Gasteiger partial charge in [-0.3, -0.25) is 9.48 Å². The Hall–Kier alpha value is -2.22. The van der Waals surface area contributed by atoms with Crippen molar-refractivity contribution in [1.29, 1.82) is 0 Å². The van der Waals surface area contributed by atoms with E-state index in [4.69, 9.17) is 0 Å². The number of carbonyl (C=O) groups is 2. The van der Waals surface area contributed by atoms with Crippen LogP contribution in [0.15, 0.2) is 12.4 Å². The van der Waals surface area contributed by atoms with Crippen molar-refractivity contribution in [3.63, 3.8) is 0 Å². The lowest BCUT2D eigenvalue weighted by molar-refractivity contribution is -0.146. The maximum atomic E-state index is 12.5. The highest BCUT2D eigenvalue weighted by molar-refractivity contribution is 7.14. The van der Waals surface area contributed by atoms with E-state index in [2.05, 4.69) is 15.4 Å². The van der Waals surface area contributed by atoms with E-state index in [0.29, 0.717) is 16.3 Å². The van der Waals surface area contributed by atoms with Crippen LogP contribution < -0.4 is 5.32 Å². The Morgan fingerprint density at radius 1 is 1.25 bits per heavy atom. The summed E-state index contributed by atoms with van der Waals surface area (Å²) in [7, 11) is 0. The Kier molecular flexibility index (Phi) is 4.54. The zero-order valence-corrected chi connectivity index (χ0v) is 15.5. The predicted molar refractivity (Wildman–Crippen MR) is 92.7 cm³/mol. The molecule has 0 saturated carbocycles. The molecule has 0 fully saturated rings. The second kappa shape index (κ2) is 6.01. The van der Waals surface area contributed by atoms with Crippen LogP contribution in [0, 0.1) is 6.92 Å². The Labute approximate surface area is 144 Å². The van der Waals surface area contributed by atoms with Crippen molar-refractivity contribution in [2.75, 3.05) is 5.32 Å². The van der Waals surface area contributed by atoms with Gasteiger partial charge in [-0.1, -0.05) is 20.8 Å². The van der Waals surface area contributed by atoms with Gasteiger partial charge in [-0.05, 0) is 20.8 Å². The topological polar surface area (TPSA) is 97.1 Å². The van der Waals surface area contributed by atoms with E-state index < -0.39 is 11.5 Å². The summed E-state index contributed by atoms with van der Waals surface area (Å²) in [6, 6.07) is 0. The van der Waals surface area contributed by atoms with Gasteiger partial charge < -0.3 is 10.4 Å². The van der Waals surface area contributed by atoms with Crippen LogP contribution in [-0.2, 0) is 15.7 Å². The summed E-state index contributed by atoms with van der Waals surface area (Å²) in [5.41, 5.74) is -0.187. The summed E-state index contributed by atoms with van der Waals surface area (Å²) >= 11 is 1.37. The number of aliphatic carboxylic acids is 1. The monoisotopic (exact) mass is 350 g/mol. The fourth-order valence-corrected chi connectivity index (χ4v) is 2.93. The molecular formula is C16H22N4O3S. The number of carbonyl (C=O) groups excluding carboxylic acids is 1. The van der Waals surface area contributed by atoms with Gasteiger partial charge in [0.2, 0.25) is 0 Å². The Morgan fingerprint density at radius 3 is 2.38 bits per heavy atom. The van der Waals surface area contributed by atoms with Gasteiger partial charge in [-0.2, -0.15) is 5.10 Å². The predicted octanol–water partition coefficient (Wildman–Crippen LogP) is 3.02. The zero-order valence-electron chi connectivity index (χ0n) is 14.7. The molecule has 0 aliphatic heterocycles. The van der Waals surface area contributed by atoms with Crippen LogP contribution in [0.3, 0.4) is 0 Å². The molecule has 0 bridgehead atoms. The number of amides is 1. The van der Waals surface area contributed by atoms with Crippen LogP contribution >= 0.6 is 11.3 Å². The van der Waals surface area contributed by atoms with E-state index in [1.807, 2.05) is 20.8 Å². The summed E-state index contributed by atoms with van der Waals surface area (Å²) in [6.45, 7) is 11.0. The number of thiazole rings is 1. The normalized spacial score (nSPS) is 12.2. The summed E-state index contributed by atoms with van der Waals surface area (Å²) in [5, 5.41) is 16.9. The number of nitrogens with one attached hydrogen (secondary N) is 1. The average Bonchev–Trinajstić information content (AvgIpc) is 3.04. The van der Waals surface area contributed by atoms with E-state index in [0.717, 1.165) is 5.01 Å². The van der Waals surface area contributed by atoms with Crippen molar-refractivity contribution in [2.45, 2.75) is 52.5 Å². The maximum Gasteiger partial charge on any atom is 0.331 e. The number of rotatable bonds is 4. The summed E-state index contributed by atoms with van der Waals surface area (Å²) < 4.78 is 1.31. The molecule has 1 amide bonds. The Bertz CT molecular complexity index is 784. The Morgan fingerprint density at radius 2 is 1.88 bits per heavy atom. The molecule has 0 aliphatic carbocycles. The summed E-state index contributed by atoms with van der Waals surface area (Å²) in [5.74, 6) is -1.27. The van der Waals surface area contributed by atoms with E-state index in [9.17, 15) is 14.7 Å². The first-order valence-corrected chi connectivity index (χ1v) is 8.32. The number of anilines is 1. The lowest BCUT2D eigenvalue weighted by Crippen LogP contribution is -2.35. The Balaban J connectivity index is 2.21. The molecule has 0 radical (unpaired) electrons. The highest BCUT2D eigenvalue weighted by Gasteiger charge is 2.30. The molecule has 0 unspecified atom stereocenters. The molecule has 0 spiro atoms. The number of hydrogen-bond acceptors (Lipinski definition) is 5. The van der Waals surface area contributed by atoms with Crippen LogP contribution in [0.1, 0.15) is 55.0 Å². The van der Waals surface area contributed by atoms with E-state index in [-0.39, 0.29) is 11.3 Å². The summed E-state index contributed by atoms with van der Waals surface area (Å²) in [6.07, 6.45) is 2.94. The lowest BCUT2D eigenvalue weighted by Gasteiger charge is -2.19. The first kappa shape index (κ1) is 18.1. The number of nitrogens with zero attached hydrogens (tertiary/aromatic N) is 3. The number of aryl methyl sites for hydroxylation is 1.